The van der Waals surface area contributed by atoms with Crippen LogP contribution in [-0.2, 0) is 9.59 Å². The topological polar surface area (TPSA) is 79.6 Å². The monoisotopic (exact) mass is 419 g/mol. The molecule has 3 heterocycles. The third-order valence-corrected chi connectivity index (χ3v) is 6.28. The van der Waals surface area contributed by atoms with Gasteiger partial charge in [-0.1, -0.05) is 36.0 Å². The molecule has 1 aliphatic rings. The van der Waals surface area contributed by atoms with Crippen molar-refractivity contribution in [2.24, 2.45) is 0 Å². The number of thioether (sulfide) groups is 1. The fraction of sp³-hybridized carbons (Fsp3) is 0.273. The third-order valence-electron chi connectivity index (χ3n) is 5.34. The molecule has 7 nitrogen and oxygen atoms in total. The lowest BCUT2D eigenvalue weighted by atomic mass is 10.2. The van der Waals surface area contributed by atoms with E-state index >= 15 is 0 Å². The van der Waals surface area contributed by atoms with E-state index in [1.54, 1.807) is 4.90 Å². The Labute approximate surface area is 177 Å². The molecular formula is C22H21N5O2S. The van der Waals surface area contributed by atoms with Crippen molar-refractivity contribution >= 4 is 51.2 Å². The van der Waals surface area contributed by atoms with Gasteiger partial charge in [-0.2, -0.15) is 0 Å². The Balaban J connectivity index is 1.39. The standard InChI is InChI=1S/C22H21N5O2S/c28-19(23-13-20(29)26-11-5-6-12-26)14-30-22-25-16-8-2-1-7-15(16)21-24-17-9-3-4-10-18(17)27(21)22/h1-4,7-10H,5-6,11-14H2,(H,23,28). The number of nitrogens with zero attached hydrogens (tertiary/aromatic N) is 4. The van der Waals surface area contributed by atoms with Gasteiger partial charge in [-0.05, 0) is 37.1 Å². The number of nitrogens with one attached hydrogen (secondary N) is 1. The van der Waals surface area contributed by atoms with E-state index in [0.29, 0.717) is 5.16 Å². The van der Waals surface area contributed by atoms with Crippen LogP contribution in [0.1, 0.15) is 12.8 Å². The number of carbonyl (C=O) groups is 2. The Hall–Kier alpha value is -3.13. The first kappa shape index (κ1) is 18.9. The lowest BCUT2D eigenvalue weighted by Gasteiger charge is -2.15. The maximum absolute atomic E-state index is 12.4. The second-order valence-corrected chi connectivity index (χ2v) is 8.27. The quantitative estimate of drug-likeness (QED) is 0.397. The summed E-state index contributed by atoms with van der Waals surface area (Å²) < 4.78 is 2.00. The second-order valence-electron chi connectivity index (χ2n) is 7.32. The zero-order valence-corrected chi connectivity index (χ0v) is 17.2. The van der Waals surface area contributed by atoms with Gasteiger partial charge in [0.1, 0.15) is 5.65 Å². The number of benzene rings is 2. The molecule has 30 heavy (non-hydrogen) atoms. The second kappa shape index (κ2) is 7.95. The summed E-state index contributed by atoms with van der Waals surface area (Å²) in [5.41, 5.74) is 3.51. The summed E-state index contributed by atoms with van der Waals surface area (Å²) in [6.07, 6.45) is 2.08. The van der Waals surface area contributed by atoms with Crippen LogP contribution >= 0.6 is 11.8 Å². The number of para-hydroxylation sites is 3. The van der Waals surface area contributed by atoms with E-state index in [1.165, 1.54) is 11.8 Å². The van der Waals surface area contributed by atoms with E-state index in [9.17, 15) is 9.59 Å². The molecule has 2 aromatic carbocycles. The molecule has 2 amide bonds. The summed E-state index contributed by atoms with van der Waals surface area (Å²) in [5, 5.41) is 4.42. The number of fused-ring (bicyclic) bond motifs is 5. The molecule has 0 bridgehead atoms. The van der Waals surface area contributed by atoms with Crippen molar-refractivity contribution < 1.29 is 9.59 Å². The van der Waals surface area contributed by atoms with Crippen molar-refractivity contribution in [1.29, 1.82) is 0 Å². The van der Waals surface area contributed by atoms with Crippen LogP contribution in [0.3, 0.4) is 0 Å². The maximum atomic E-state index is 12.4. The fourth-order valence-electron chi connectivity index (χ4n) is 3.84. The number of imidazole rings is 1. The number of likely N-dealkylation sites (tertiary alicyclic amines) is 1. The number of hydrogen-bond acceptors (Lipinski definition) is 5. The van der Waals surface area contributed by atoms with Gasteiger partial charge in [0.15, 0.2) is 5.16 Å². The SMILES string of the molecule is O=C(CSc1nc2ccccc2c2nc3ccccc3n12)NCC(=O)N1CCCC1. The summed E-state index contributed by atoms with van der Waals surface area (Å²) in [6, 6.07) is 15.8. The highest BCUT2D eigenvalue weighted by Crippen LogP contribution is 2.28. The number of carbonyl (C=O) groups excluding carboxylic acids is 2. The van der Waals surface area contributed by atoms with Crippen molar-refractivity contribution in [3.8, 4) is 0 Å². The fourth-order valence-corrected chi connectivity index (χ4v) is 4.68. The van der Waals surface area contributed by atoms with Crippen LogP contribution < -0.4 is 5.32 Å². The van der Waals surface area contributed by atoms with E-state index in [-0.39, 0.29) is 24.1 Å². The minimum absolute atomic E-state index is 0.0160. The maximum Gasteiger partial charge on any atom is 0.241 e. The molecular weight excluding hydrogens is 398 g/mol. The van der Waals surface area contributed by atoms with Gasteiger partial charge in [0.2, 0.25) is 11.8 Å². The van der Waals surface area contributed by atoms with Crippen molar-refractivity contribution in [3.05, 3.63) is 48.5 Å². The highest BCUT2D eigenvalue weighted by molar-refractivity contribution is 7.99. The molecule has 2 aromatic heterocycles. The summed E-state index contributed by atoms with van der Waals surface area (Å²) in [6.45, 7) is 1.63. The van der Waals surface area contributed by atoms with E-state index in [4.69, 9.17) is 9.97 Å². The van der Waals surface area contributed by atoms with E-state index in [1.807, 2.05) is 52.9 Å². The van der Waals surface area contributed by atoms with Gasteiger partial charge < -0.3 is 10.2 Å². The lowest BCUT2D eigenvalue weighted by molar-refractivity contribution is -0.131. The predicted octanol–water partition coefficient (Wildman–Crippen LogP) is 2.87. The van der Waals surface area contributed by atoms with Crippen LogP contribution in [0.15, 0.2) is 53.7 Å². The Kier molecular flexibility index (Phi) is 5.00. The summed E-state index contributed by atoms with van der Waals surface area (Å²) >= 11 is 1.35. The first-order valence-electron chi connectivity index (χ1n) is 10.0. The Morgan fingerprint density at radius 1 is 0.967 bits per heavy atom. The van der Waals surface area contributed by atoms with Crippen LogP contribution in [0, 0.1) is 0 Å². The molecule has 0 spiro atoms. The van der Waals surface area contributed by atoms with Gasteiger partial charge >= 0.3 is 0 Å². The average molecular weight is 420 g/mol. The molecule has 5 rings (SSSR count). The molecule has 1 N–H and O–H groups in total. The van der Waals surface area contributed by atoms with E-state index < -0.39 is 0 Å². The van der Waals surface area contributed by atoms with Gasteiger partial charge in [0.25, 0.3) is 0 Å². The molecule has 1 saturated heterocycles. The smallest absolute Gasteiger partial charge is 0.241 e. The van der Waals surface area contributed by atoms with Gasteiger partial charge in [0.05, 0.1) is 28.8 Å². The summed E-state index contributed by atoms with van der Waals surface area (Å²) in [4.78, 5) is 35.9. The average Bonchev–Trinajstić information content (AvgIpc) is 3.44. The molecule has 1 aliphatic heterocycles. The van der Waals surface area contributed by atoms with Crippen LogP contribution in [0.25, 0.3) is 27.6 Å². The van der Waals surface area contributed by atoms with Crippen molar-refractivity contribution in [2.45, 2.75) is 18.0 Å². The largest absolute Gasteiger partial charge is 0.346 e. The molecule has 0 radical (unpaired) electrons. The molecule has 0 saturated carbocycles. The van der Waals surface area contributed by atoms with Crippen LogP contribution in [0.4, 0.5) is 0 Å². The van der Waals surface area contributed by atoms with Crippen molar-refractivity contribution in [3.63, 3.8) is 0 Å². The molecule has 1 fully saturated rings. The number of amides is 2. The van der Waals surface area contributed by atoms with Gasteiger partial charge in [-0.3, -0.25) is 14.0 Å². The number of rotatable bonds is 5. The summed E-state index contributed by atoms with van der Waals surface area (Å²) in [5.74, 6) is -0.0157. The molecule has 0 atom stereocenters. The minimum Gasteiger partial charge on any atom is -0.346 e. The number of aromatic nitrogens is 3. The minimum atomic E-state index is -0.180. The Morgan fingerprint density at radius 2 is 1.70 bits per heavy atom. The molecule has 0 unspecified atom stereocenters. The molecule has 4 aromatic rings. The normalized spacial score (nSPS) is 14.1. The van der Waals surface area contributed by atoms with Crippen LogP contribution in [0.5, 0.6) is 0 Å². The van der Waals surface area contributed by atoms with E-state index in [0.717, 1.165) is 53.5 Å². The zero-order valence-electron chi connectivity index (χ0n) is 16.4. The lowest BCUT2D eigenvalue weighted by Crippen LogP contribution is -2.39. The predicted molar refractivity (Wildman–Crippen MR) is 118 cm³/mol. The zero-order chi connectivity index (χ0) is 20.5. The van der Waals surface area contributed by atoms with Gasteiger partial charge in [-0.25, -0.2) is 9.97 Å². The van der Waals surface area contributed by atoms with Crippen LogP contribution in [0.2, 0.25) is 0 Å². The molecule has 152 valence electrons. The molecule has 0 aliphatic carbocycles. The van der Waals surface area contributed by atoms with Crippen LogP contribution in [-0.4, -0.2) is 56.5 Å². The van der Waals surface area contributed by atoms with Crippen molar-refractivity contribution in [2.75, 3.05) is 25.4 Å². The molecule has 8 heteroatoms. The Bertz CT molecular complexity index is 1260. The van der Waals surface area contributed by atoms with Gasteiger partial charge in [0, 0.05) is 18.5 Å². The Morgan fingerprint density at radius 3 is 2.53 bits per heavy atom. The first-order chi connectivity index (χ1) is 14.7. The number of hydrogen-bond donors (Lipinski definition) is 1. The third kappa shape index (κ3) is 3.47. The first-order valence-corrected chi connectivity index (χ1v) is 11.0. The highest BCUT2D eigenvalue weighted by Gasteiger charge is 2.19. The van der Waals surface area contributed by atoms with Gasteiger partial charge in [-0.15, -0.1) is 0 Å². The van der Waals surface area contributed by atoms with E-state index in [2.05, 4.69) is 5.32 Å². The summed E-state index contributed by atoms with van der Waals surface area (Å²) in [7, 11) is 0. The van der Waals surface area contributed by atoms with Crippen molar-refractivity contribution in [1.82, 2.24) is 24.6 Å². The highest BCUT2D eigenvalue weighted by atomic mass is 32.2.